The fourth-order valence-corrected chi connectivity index (χ4v) is 4.06. The molecule has 0 spiro atoms. The van der Waals surface area contributed by atoms with Crippen LogP contribution in [-0.4, -0.2) is 75.3 Å². The van der Waals surface area contributed by atoms with Gasteiger partial charge in [-0.1, -0.05) is 26.0 Å². The summed E-state index contributed by atoms with van der Waals surface area (Å²) in [5.41, 5.74) is 6.46. The zero-order chi connectivity index (χ0) is 25.4. The van der Waals surface area contributed by atoms with Crippen LogP contribution in [0, 0.1) is 5.92 Å². The van der Waals surface area contributed by atoms with Gasteiger partial charge < -0.3 is 31.5 Å². The lowest BCUT2D eigenvalue weighted by molar-refractivity contribution is -0.145. The predicted molar refractivity (Wildman–Crippen MR) is 129 cm³/mol. The molecule has 188 valence electrons. The SMILES string of the molecule is CC(C)CC(NC(=O)C1CCCN1C(=O)C(Cc1ccc(O)cc1)NC(=O)C(N)CS)C(=O)O. The highest BCUT2D eigenvalue weighted by Crippen LogP contribution is 2.21. The number of nitrogens with two attached hydrogens (primary N) is 1. The summed E-state index contributed by atoms with van der Waals surface area (Å²) in [6.45, 7) is 4.03. The van der Waals surface area contributed by atoms with Gasteiger partial charge in [-0.15, -0.1) is 0 Å². The fourth-order valence-electron chi connectivity index (χ4n) is 3.89. The molecule has 2 rings (SSSR count). The molecule has 1 aliphatic heterocycles. The molecule has 11 heteroatoms. The Morgan fingerprint density at radius 2 is 1.79 bits per heavy atom. The van der Waals surface area contributed by atoms with E-state index in [4.69, 9.17) is 5.73 Å². The number of likely N-dealkylation sites (tertiary alicyclic amines) is 1. The molecule has 4 unspecified atom stereocenters. The molecule has 0 saturated carbocycles. The molecule has 0 radical (unpaired) electrons. The van der Waals surface area contributed by atoms with Crippen molar-refractivity contribution < 1.29 is 29.4 Å². The number of rotatable bonds is 11. The molecule has 4 atom stereocenters. The zero-order valence-corrected chi connectivity index (χ0v) is 20.3. The van der Waals surface area contributed by atoms with Crippen molar-refractivity contribution in [2.24, 2.45) is 11.7 Å². The van der Waals surface area contributed by atoms with E-state index in [1.165, 1.54) is 17.0 Å². The van der Waals surface area contributed by atoms with E-state index in [1.54, 1.807) is 12.1 Å². The molecular weight excluding hydrogens is 460 g/mol. The largest absolute Gasteiger partial charge is 0.508 e. The van der Waals surface area contributed by atoms with Gasteiger partial charge in [0.05, 0.1) is 6.04 Å². The summed E-state index contributed by atoms with van der Waals surface area (Å²) < 4.78 is 0. The van der Waals surface area contributed by atoms with Crippen molar-refractivity contribution in [1.82, 2.24) is 15.5 Å². The summed E-state index contributed by atoms with van der Waals surface area (Å²) in [5.74, 6) is -2.44. The predicted octanol–water partition coefficient (Wildman–Crippen LogP) is 0.283. The quantitative estimate of drug-likeness (QED) is 0.241. The number of thiol groups is 1. The summed E-state index contributed by atoms with van der Waals surface area (Å²) in [6, 6.07) is 2.43. The minimum atomic E-state index is -1.13. The smallest absolute Gasteiger partial charge is 0.326 e. The number of phenols is 1. The van der Waals surface area contributed by atoms with Gasteiger partial charge in [0.2, 0.25) is 17.7 Å². The minimum Gasteiger partial charge on any atom is -0.508 e. The van der Waals surface area contributed by atoms with Crippen LogP contribution in [0.2, 0.25) is 0 Å². The highest BCUT2D eigenvalue weighted by molar-refractivity contribution is 7.80. The Hall–Kier alpha value is -2.79. The van der Waals surface area contributed by atoms with E-state index in [-0.39, 0.29) is 30.3 Å². The molecule has 0 aromatic heterocycles. The van der Waals surface area contributed by atoms with Crippen molar-refractivity contribution in [2.75, 3.05) is 12.3 Å². The fraction of sp³-hybridized carbons (Fsp3) is 0.565. The molecule has 1 aromatic rings. The standard InChI is InChI=1S/C23H34N4O6S/c1-13(2)10-18(23(32)33)26-21(30)19-4-3-9-27(19)22(31)17(25-20(29)16(24)12-34)11-14-5-7-15(28)8-6-14/h5-8,13,16-19,28,34H,3-4,9-12,24H2,1-2H3,(H,25,29)(H,26,30)(H,32,33). The molecule has 1 heterocycles. The maximum absolute atomic E-state index is 13.5. The summed E-state index contributed by atoms with van der Waals surface area (Å²) in [6.07, 6.45) is 1.35. The van der Waals surface area contributed by atoms with Crippen LogP contribution in [0.15, 0.2) is 24.3 Å². The van der Waals surface area contributed by atoms with E-state index in [0.717, 1.165) is 0 Å². The molecule has 1 aromatic carbocycles. The number of aliphatic carboxylic acids is 1. The lowest BCUT2D eigenvalue weighted by Gasteiger charge is -2.30. The number of benzene rings is 1. The number of nitrogens with zero attached hydrogens (tertiary/aromatic N) is 1. The van der Waals surface area contributed by atoms with Gasteiger partial charge in [-0.05, 0) is 42.9 Å². The molecular formula is C23H34N4O6S. The number of carboxylic acid groups (broad SMARTS) is 1. The Balaban J connectivity index is 2.21. The molecule has 1 saturated heterocycles. The molecule has 0 aliphatic carbocycles. The van der Waals surface area contributed by atoms with E-state index in [2.05, 4.69) is 23.3 Å². The number of amides is 3. The number of nitrogens with one attached hydrogen (secondary N) is 2. The topological polar surface area (TPSA) is 162 Å². The number of carboxylic acids is 1. The van der Waals surface area contributed by atoms with Gasteiger partial charge in [0, 0.05) is 18.7 Å². The van der Waals surface area contributed by atoms with Gasteiger partial charge in [0.1, 0.15) is 23.9 Å². The highest BCUT2D eigenvalue weighted by atomic mass is 32.1. The third kappa shape index (κ3) is 7.63. The van der Waals surface area contributed by atoms with Crippen molar-refractivity contribution in [2.45, 2.75) is 63.7 Å². The van der Waals surface area contributed by atoms with Gasteiger partial charge in [0.25, 0.3) is 0 Å². The van der Waals surface area contributed by atoms with Crippen molar-refractivity contribution in [3.8, 4) is 5.75 Å². The normalized spacial score (nSPS) is 18.3. The first-order valence-electron chi connectivity index (χ1n) is 11.3. The monoisotopic (exact) mass is 494 g/mol. The van der Waals surface area contributed by atoms with Crippen molar-refractivity contribution in [3.05, 3.63) is 29.8 Å². The first-order valence-corrected chi connectivity index (χ1v) is 11.9. The Morgan fingerprint density at radius 3 is 2.35 bits per heavy atom. The van der Waals surface area contributed by atoms with Crippen LogP contribution in [0.3, 0.4) is 0 Å². The summed E-state index contributed by atoms with van der Waals surface area (Å²) in [7, 11) is 0. The van der Waals surface area contributed by atoms with Crippen LogP contribution < -0.4 is 16.4 Å². The average molecular weight is 495 g/mol. The van der Waals surface area contributed by atoms with Crippen LogP contribution >= 0.6 is 12.6 Å². The van der Waals surface area contributed by atoms with Crippen molar-refractivity contribution >= 4 is 36.3 Å². The van der Waals surface area contributed by atoms with E-state index >= 15 is 0 Å². The van der Waals surface area contributed by atoms with Crippen LogP contribution in [-0.2, 0) is 25.6 Å². The molecule has 10 nitrogen and oxygen atoms in total. The van der Waals surface area contributed by atoms with Crippen LogP contribution in [0.4, 0.5) is 0 Å². The van der Waals surface area contributed by atoms with Gasteiger partial charge in [-0.3, -0.25) is 14.4 Å². The zero-order valence-electron chi connectivity index (χ0n) is 19.4. The number of phenolic OH excluding ortho intramolecular Hbond substituents is 1. The van der Waals surface area contributed by atoms with E-state index in [1.807, 2.05) is 13.8 Å². The lowest BCUT2D eigenvalue weighted by Crippen LogP contribution is -2.57. The molecule has 34 heavy (non-hydrogen) atoms. The first kappa shape index (κ1) is 27.5. The number of aromatic hydroxyl groups is 1. The van der Waals surface area contributed by atoms with Gasteiger partial charge in [-0.25, -0.2) is 4.79 Å². The maximum Gasteiger partial charge on any atom is 0.326 e. The van der Waals surface area contributed by atoms with Gasteiger partial charge in [-0.2, -0.15) is 12.6 Å². The molecule has 6 N–H and O–H groups in total. The number of hydrogen-bond donors (Lipinski definition) is 6. The first-order chi connectivity index (χ1) is 16.0. The van der Waals surface area contributed by atoms with Crippen LogP contribution in [0.1, 0.15) is 38.7 Å². The van der Waals surface area contributed by atoms with E-state index in [9.17, 15) is 29.4 Å². The summed E-state index contributed by atoms with van der Waals surface area (Å²) in [5, 5.41) is 24.2. The second kappa shape index (κ2) is 12.6. The highest BCUT2D eigenvalue weighted by Gasteiger charge is 2.39. The molecule has 0 bridgehead atoms. The minimum absolute atomic E-state index is 0.0589. The number of carbonyl (C=O) groups excluding carboxylic acids is 3. The number of hydrogen-bond acceptors (Lipinski definition) is 7. The maximum atomic E-state index is 13.5. The van der Waals surface area contributed by atoms with Crippen molar-refractivity contribution in [3.63, 3.8) is 0 Å². The average Bonchev–Trinajstić information content (AvgIpc) is 3.28. The Bertz CT molecular complexity index is 879. The molecule has 1 aliphatic rings. The summed E-state index contributed by atoms with van der Waals surface area (Å²) in [4.78, 5) is 51.8. The molecule has 1 fully saturated rings. The molecule has 3 amide bonds. The van der Waals surface area contributed by atoms with Gasteiger partial charge in [0.15, 0.2) is 0 Å². The Morgan fingerprint density at radius 1 is 1.15 bits per heavy atom. The third-order valence-electron chi connectivity index (χ3n) is 5.68. The van der Waals surface area contributed by atoms with E-state index < -0.39 is 47.9 Å². The third-order valence-corrected chi connectivity index (χ3v) is 6.08. The van der Waals surface area contributed by atoms with Crippen molar-refractivity contribution in [1.29, 1.82) is 0 Å². The van der Waals surface area contributed by atoms with Gasteiger partial charge >= 0.3 is 5.97 Å². The summed E-state index contributed by atoms with van der Waals surface area (Å²) >= 11 is 4.03. The van der Waals surface area contributed by atoms with Crippen LogP contribution in [0.25, 0.3) is 0 Å². The van der Waals surface area contributed by atoms with E-state index in [0.29, 0.717) is 24.9 Å². The Labute approximate surface area is 204 Å². The second-order valence-electron chi connectivity index (χ2n) is 8.94. The Kier molecular flexibility index (Phi) is 10.2. The van der Waals surface area contributed by atoms with Crippen LogP contribution in [0.5, 0.6) is 5.75 Å². The second-order valence-corrected chi connectivity index (χ2v) is 9.30. The number of carbonyl (C=O) groups is 4. The lowest BCUT2D eigenvalue weighted by atomic mass is 10.0.